The van der Waals surface area contributed by atoms with Gasteiger partial charge in [0.15, 0.2) is 6.10 Å². The van der Waals surface area contributed by atoms with E-state index in [0.717, 1.165) is 0 Å². The van der Waals surface area contributed by atoms with Crippen LogP contribution in [0, 0.1) is 0 Å². The van der Waals surface area contributed by atoms with E-state index >= 15 is 0 Å². The molecule has 1 saturated heterocycles. The highest BCUT2D eigenvalue weighted by Crippen LogP contribution is 2.06. The lowest BCUT2D eigenvalue weighted by atomic mass is 10.4. The zero-order valence-electron chi connectivity index (χ0n) is 10.5. The molecule has 17 heavy (non-hydrogen) atoms. The van der Waals surface area contributed by atoms with Gasteiger partial charge in [0, 0.05) is 7.11 Å². The molecule has 0 amide bonds. The second-order valence-corrected chi connectivity index (χ2v) is 4.03. The minimum absolute atomic E-state index is 0.0226. The molecule has 0 bridgehead atoms. The highest BCUT2D eigenvalue weighted by atomic mass is 16.8. The van der Waals surface area contributed by atoms with Gasteiger partial charge >= 0.3 is 6.16 Å². The van der Waals surface area contributed by atoms with Gasteiger partial charge in [-0.3, -0.25) is 0 Å². The molecule has 0 aromatic carbocycles. The standard InChI is InChI=1S/C11H20O6/c1-8(13-3)5-15-9(2)4-14-6-10-7-16-11(12)17-10/h8-10H,4-7H2,1-3H3. The third-order valence-electron chi connectivity index (χ3n) is 2.32. The second kappa shape index (κ2) is 7.47. The Balaban J connectivity index is 2.00. The summed E-state index contributed by atoms with van der Waals surface area (Å²) in [4.78, 5) is 10.6. The van der Waals surface area contributed by atoms with Gasteiger partial charge in [-0.15, -0.1) is 0 Å². The van der Waals surface area contributed by atoms with Crippen molar-refractivity contribution in [2.24, 2.45) is 0 Å². The van der Waals surface area contributed by atoms with Gasteiger partial charge in [0.05, 0.1) is 32.0 Å². The minimum Gasteiger partial charge on any atom is -0.430 e. The zero-order valence-corrected chi connectivity index (χ0v) is 10.5. The topological polar surface area (TPSA) is 63.2 Å². The van der Waals surface area contributed by atoms with Crippen molar-refractivity contribution in [3.63, 3.8) is 0 Å². The first kappa shape index (κ1) is 14.2. The van der Waals surface area contributed by atoms with Gasteiger partial charge in [-0.2, -0.15) is 0 Å². The number of rotatable bonds is 8. The van der Waals surface area contributed by atoms with Crippen LogP contribution in [0.5, 0.6) is 0 Å². The van der Waals surface area contributed by atoms with Gasteiger partial charge in [-0.1, -0.05) is 0 Å². The fourth-order valence-corrected chi connectivity index (χ4v) is 1.23. The summed E-state index contributed by atoms with van der Waals surface area (Å²) in [7, 11) is 1.64. The van der Waals surface area contributed by atoms with E-state index in [1.165, 1.54) is 0 Å². The quantitative estimate of drug-likeness (QED) is 0.597. The molecule has 3 unspecified atom stereocenters. The van der Waals surface area contributed by atoms with E-state index in [4.69, 9.17) is 18.9 Å². The van der Waals surface area contributed by atoms with E-state index in [1.54, 1.807) is 7.11 Å². The number of carbonyl (C=O) groups is 1. The van der Waals surface area contributed by atoms with Crippen molar-refractivity contribution in [3.05, 3.63) is 0 Å². The van der Waals surface area contributed by atoms with Crippen LogP contribution in [0.3, 0.4) is 0 Å². The highest BCUT2D eigenvalue weighted by Gasteiger charge is 2.25. The van der Waals surface area contributed by atoms with Gasteiger partial charge in [-0.25, -0.2) is 4.79 Å². The first-order valence-electron chi connectivity index (χ1n) is 5.67. The highest BCUT2D eigenvalue weighted by molar-refractivity contribution is 5.61. The Kier molecular flexibility index (Phi) is 6.25. The van der Waals surface area contributed by atoms with E-state index < -0.39 is 6.16 Å². The Labute approximate surface area is 101 Å². The average molecular weight is 248 g/mol. The smallest absolute Gasteiger partial charge is 0.430 e. The maximum Gasteiger partial charge on any atom is 0.508 e. The molecular formula is C11H20O6. The van der Waals surface area contributed by atoms with Crippen LogP contribution in [0.25, 0.3) is 0 Å². The predicted octanol–water partition coefficient (Wildman–Crippen LogP) is 0.978. The Hall–Kier alpha value is -0.850. The summed E-state index contributed by atoms with van der Waals surface area (Å²) in [6, 6.07) is 0. The molecule has 0 radical (unpaired) electrons. The lowest BCUT2D eigenvalue weighted by Gasteiger charge is -2.16. The van der Waals surface area contributed by atoms with Crippen LogP contribution in [0.4, 0.5) is 4.79 Å². The maximum absolute atomic E-state index is 10.6. The molecule has 1 heterocycles. The summed E-state index contributed by atoms with van der Waals surface area (Å²) < 4.78 is 25.4. The van der Waals surface area contributed by atoms with Gasteiger partial charge in [0.1, 0.15) is 6.61 Å². The van der Waals surface area contributed by atoms with Gasteiger partial charge in [0.2, 0.25) is 0 Å². The first-order chi connectivity index (χ1) is 8.11. The number of cyclic esters (lactones) is 2. The molecule has 0 N–H and O–H groups in total. The summed E-state index contributed by atoms with van der Waals surface area (Å²) in [5.41, 5.74) is 0. The molecule has 1 aliphatic heterocycles. The van der Waals surface area contributed by atoms with Gasteiger partial charge in [-0.05, 0) is 13.8 Å². The summed E-state index contributed by atoms with van der Waals surface area (Å²) in [6.07, 6.45) is -0.878. The van der Waals surface area contributed by atoms with Crippen molar-refractivity contribution in [3.8, 4) is 0 Å². The van der Waals surface area contributed by atoms with Crippen molar-refractivity contribution in [2.45, 2.75) is 32.2 Å². The number of methoxy groups -OCH3 is 1. The molecule has 0 spiro atoms. The summed E-state index contributed by atoms with van der Waals surface area (Å²) in [5, 5.41) is 0. The fraction of sp³-hybridized carbons (Fsp3) is 0.909. The molecule has 0 aliphatic carbocycles. The Morgan fingerprint density at radius 3 is 2.71 bits per heavy atom. The Morgan fingerprint density at radius 1 is 1.35 bits per heavy atom. The molecule has 1 aliphatic rings. The summed E-state index contributed by atoms with van der Waals surface area (Å²) >= 11 is 0. The largest absolute Gasteiger partial charge is 0.508 e. The lowest BCUT2D eigenvalue weighted by Crippen LogP contribution is -2.25. The van der Waals surface area contributed by atoms with Crippen molar-refractivity contribution < 1.29 is 28.5 Å². The zero-order chi connectivity index (χ0) is 12.7. The molecular weight excluding hydrogens is 228 g/mol. The van der Waals surface area contributed by atoms with Crippen LogP contribution in [0.2, 0.25) is 0 Å². The van der Waals surface area contributed by atoms with Crippen LogP contribution in [-0.2, 0) is 23.7 Å². The van der Waals surface area contributed by atoms with E-state index in [9.17, 15) is 4.79 Å². The molecule has 0 saturated carbocycles. The van der Waals surface area contributed by atoms with Gasteiger partial charge < -0.3 is 23.7 Å². The normalized spacial score (nSPS) is 23.0. The fourth-order valence-electron chi connectivity index (χ4n) is 1.23. The maximum atomic E-state index is 10.6. The molecule has 1 fully saturated rings. The third kappa shape index (κ3) is 5.86. The summed E-state index contributed by atoms with van der Waals surface area (Å²) in [6.45, 7) is 5.42. The Morgan fingerprint density at radius 2 is 2.12 bits per heavy atom. The number of hydrogen-bond donors (Lipinski definition) is 0. The molecule has 1 rings (SSSR count). The van der Waals surface area contributed by atoms with Crippen LogP contribution in [0.15, 0.2) is 0 Å². The summed E-state index contributed by atoms with van der Waals surface area (Å²) in [5.74, 6) is 0. The van der Waals surface area contributed by atoms with E-state index in [2.05, 4.69) is 4.74 Å². The van der Waals surface area contributed by atoms with Crippen molar-refractivity contribution in [1.82, 2.24) is 0 Å². The first-order valence-corrected chi connectivity index (χ1v) is 5.67. The number of hydrogen-bond acceptors (Lipinski definition) is 6. The van der Waals surface area contributed by atoms with E-state index in [1.807, 2.05) is 13.8 Å². The van der Waals surface area contributed by atoms with Gasteiger partial charge in [0.25, 0.3) is 0 Å². The van der Waals surface area contributed by atoms with Crippen LogP contribution in [0.1, 0.15) is 13.8 Å². The number of carbonyl (C=O) groups excluding carboxylic acids is 1. The lowest BCUT2D eigenvalue weighted by molar-refractivity contribution is -0.0557. The molecule has 3 atom stereocenters. The molecule has 6 heteroatoms. The van der Waals surface area contributed by atoms with E-state index in [-0.39, 0.29) is 24.9 Å². The number of ether oxygens (including phenoxy) is 5. The van der Waals surface area contributed by atoms with Crippen LogP contribution in [-0.4, -0.2) is 58.0 Å². The molecule has 0 aromatic rings. The molecule has 0 aromatic heterocycles. The van der Waals surface area contributed by atoms with Crippen molar-refractivity contribution in [1.29, 1.82) is 0 Å². The SMILES string of the molecule is COC(C)COC(C)COCC1COC(=O)O1. The Bertz CT molecular complexity index is 232. The van der Waals surface area contributed by atoms with Crippen molar-refractivity contribution in [2.75, 3.05) is 33.5 Å². The third-order valence-corrected chi connectivity index (χ3v) is 2.32. The monoisotopic (exact) mass is 248 g/mol. The minimum atomic E-state index is -0.628. The average Bonchev–Trinajstić information content (AvgIpc) is 2.72. The van der Waals surface area contributed by atoms with Crippen LogP contribution < -0.4 is 0 Å². The molecule has 6 nitrogen and oxygen atoms in total. The predicted molar refractivity (Wildman–Crippen MR) is 58.9 cm³/mol. The second-order valence-electron chi connectivity index (χ2n) is 4.03. The van der Waals surface area contributed by atoms with E-state index in [0.29, 0.717) is 19.8 Å². The molecule has 100 valence electrons. The van der Waals surface area contributed by atoms with Crippen LogP contribution >= 0.6 is 0 Å². The van der Waals surface area contributed by atoms with Crippen molar-refractivity contribution >= 4 is 6.16 Å².